The van der Waals surface area contributed by atoms with Gasteiger partial charge in [0.25, 0.3) is 0 Å². The molecule has 3 aromatic rings. The van der Waals surface area contributed by atoms with E-state index in [0.29, 0.717) is 18.1 Å². The van der Waals surface area contributed by atoms with E-state index >= 15 is 0 Å². The molecule has 1 aromatic carbocycles. The van der Waals surface area contributed by atoms with Gasteiger partial charge in [0, 0.05) is 18.0 Å². The van der Waals surface area contributed by atoms with Crippen LogP contribution in [0.5, 0.6) is 0 Å². The Hall–Kier alpha value is -2.63. The van der Waals surface area contributed by atoms with Crippen LogP contribution in [0, 0.1) is 5.92 Å². The van der Waals surface area contributed by atoms with Crippen LogP contribution in [0.2, 0.25) is 0 Å². The first-order valence-corrected chi connectivity index (χ1v) is 7.85. The lowest BCUT2D eigenvalue weighted by atomic mass is 9.80. The fraction of sp³-hybridized carbons (Fsp3) is 0.353. The van der Waals surface area contributed by atoms with E-state index in [-0.39, 0.29) is 11.9 Å². The minimum atomic E-state index is 0.0215. The second-order valence-electron chi connectivity index (χ2n) is 6.15. The molecule has 2 heterocycles. The van der Waals surface area contributed by atoms with Crippen molar-refractivity contribution in [2.45, 2.75) is 31.8 Å². The molecular formula is C17H18N4O2. The molecule has 1 aliphatic carbocycles. The summed E-state index contributed by atoms with van der Waals surface area (Å²) in [6, 6.07) is 9.99. The molecule has 1 fully saturated rings. The van der Waals surface area contributed by atoms with Crippen LogP contribution in [0.1, 0.15) is 18.6 Å². The number of para-hydroxylation sites is 1. The Labute approximate surface area is 133 Å². The molecule has 0 spiro atoms. The van der Waals surface area contributed by atoms with Crippen LogP contribution < -0.4 is 5.32 Å². The lowest BCUT2D eigenvalue weighted by Crippen LogP contribution is -2.45. The van der Waals surface area contributed by atoms with Crippen molar-refractivity contribution in [2.24, 2.45) is 5.92 Å². The van der Waals surface area contributed by atoms with Gasteiger partial charge in [-0.3, -0.25) is 9.48 Å². The molecule has 6 nitrogen and oxygen atoms in total. The highest BCUT2D eigenvalue weighted by Crippen LogP contribution is 2.28. The zero-order chi connectivity index (χ0) is 15.6. The van der Waals surface area contributed by atoms with Crippen molar-refractivity contribution in [1.82, 2.24) is 20.1 Å². The number of aromatic nitrogens is 3. The van der Waals surface area contributed by atoms with E-state index in [9.17, 15) is 4.79 Å². The maximum atomic E-state index is 12.1. The smallest absolute Gasteiger partial charge is 0.227 e. The molecule has 1 saturated carbocycles. The molecule has 1 amide bonds. The summed E-state index contributed by atoms with van der Waals surface area (Å²) in [4.78, 5) is 16.1. The maximum Gasteiger partial charge on any atom is 0.227 e. The van der Waals surface area contributed by atoms with Gasteiger partial charge in [-0.05, 0) is 30.9 Å². The molecule has 23 heavy (non-hydrogen) atoms. The minimum absolute atomic E-state index is 0.0215. The molecule has 0 saturated heterocycles. The summed E-state index contributed by atoms with van der Waals surface area (Å²) in [6.45, 7) is 0.871. The predicted octanol–water partition coefficient (Wildman–Crippen LogP) is 2.16. The van der Waals surface area contributed by atoms with E-state index in [1.54, 1.807) is 12.7 Å². The van der Waals surface area contributed by atoms with Crippen LogP contribution in [0.3, 0.4) is 0 Å². The van der Waals surface area contributed by atoms with Crippen molar-refractivity contribution < 1.29 is 9.21 Å². The number of hydrogen-bond acceptors (Lipinski definition) is 4. The third-order valence-electron chi connectivity index (χ3n) is 4.32. The predicted molar refractivity (Wildman–Crippen MR) is 84.6 cm³/mol. The number of fused-ring (bicyclic) bond motifs is 1. The number of amides is 1. The topological polar surface area (TPSA) is 73.0 Å². The van der Waals surface area contributed by atoms with Gasteiger partial charge in [-0.15, -0.1) is 0 Å². The molecule has 0 bridgehead atoms. The third kappa shape index (κ3) is 3.11. The SMILES string of the molecule is O=C(Cc1cc2ccccc2o1)NC1CC(Cn2cncn2)C1. The Kier molecular flexibility index (Phi) is 3.57. The lowest BCUT2D eigenvalue weighted by molar-refractivity contribution is -0.122. The van der Waals surface area contributed by atoms with Gasteiger partial charge >= 0.3 is 0 Å². The molecule has 0 radical (unpaired) electrons. The van der Waals surface area contributed by atoms with Crippen LogP contribution in [-0.2, 0) is 17.8 Å². The molecule has 2 aromatic heterocycles. The first kappa shape index (κ1) is 14.0. The molecule has 0 atom stereocenters. The van der Waals surface area contributed by atoms with E-state index in [2.05, 4.69) is 15.4 Å². The van der Waals surface area contributed by atoms with Crippen molar-refractivity contribution in [3.8, 4) is 0 Å². The molecular weight excluding hydrogens is 292 g/mol. The van der Waals surface area contributed by atoms with Gasteiger partial charge in [0.05, 0.1) is 6.42 Å². The van der Waals surface area contributed by atoms with Crippen LogP contribution in [0.4, 0.5) is 0 Å². The van der Waals surface area contributed by atoms with Gasteiger partial charge in [-0.1, -0.05) is 18.2 Å². The van der Waals surface area contributed by atoms with Gasteiger partial charge in [0.1, 0.15) is 24.0 Å². The van der Waals surface area contributed by atoms with E-state index in [1.807, 2.05) is 35.0 Å². The first-order chi connectivity index (χ1) is 11.3. The Morgan fingerprint density at radius 3 is 3.00 bits per heavy atom. The number of nitrogens with zero attached hydrogens (tertiary/aromatic N) is 3. The van der Waals surface area contributed by atoms with E-state index < -0.39 is 0 Å². The number of carbonyl (C=O) groups excluding carboxylic acids is 1. The molecule has 1 aliphatic rings. The second-order valence-corrected chi connectivity index (χ2v) is 6.15. The molecule has 0 unspecified atom stereocenters. The van der Waals surface area contributed by atoms with Crippen molar-refractivity contribution >= 4 is 16.9 Å². The summed E-state index contributed by atoms with van der Waals surface area (Å²) >= 11 is 0. The number of benzene rings is 1. The highest BCUT2D eigenvalue weighted by Gasteiger charge is 2.30. The Bertz CT molecular complexity index is 770. The van der Waals surface area contributed by atoms with Crippen LogP contribution in [-0.4, -0.2) is 26.7 Å². The van der Waals surface area contributed by atoms with Gasteiger partial charge in [-0.2, -0.15) is 5.10 Å². The van der Waals surface area contributed by atoms with E-state index in [0.717, 1.165) is 30.4 Å². The maximum absolute atomic E-state index is 12.1. The highest BCUT2D eigenvalue weighted by atomic mass is 16.3. The fourth-order valence-corrected chi connectivity index (χ4v) is 3.16. The summed E-state index contributed by atoms with van der Waals surface area (Å²) in [7, 11) is 0. The minimum Gasteiger partial charge on any atom is -0.461 e. The van der Waals surface area contributed by atoms with E-state index in [4.69, 9.17) is 4.42 Å². The summed E-state index contributed by atoms with van der Waals surface area (Å²) in [6.07, 6.45) is 5.55. The average molecular weight is 310 g/mol. The summed E-state index contributed by atoms with van der Waals surface area (Å²) < 4.78 is 7.53. The zero-order valence-electron chi connectivity index (χ0n) is 12.7. The lowest BCUT2D eigenvalue weighted by Gasteiger charge is -2.35. The number of carbonyl (C=O) groups is 1. The van der Waals surface area contributed by atoms with Crippen molar-refractivity contribution in [2.75, 3.05) is 0 Å². The quantitative estimate of drug-likeness (QED) is 0.784. The third-order valence-corrected chi connectivity index (χ3v) is 4.32. The van der Waals surface area contributed by atoms with Crippen molar-refractivity contribution in [3.05, 3.63) is 48.7 Å². The average Bonchev–Trinajstić information content (AvgIpc) is 3.13. The molecule has 6 heteroatoms. The molecule has 4 rings (SSSR count). The number of hydrogen-bond donors (Lipinski definition) is 1. The second kappa shape index (κ2) is 5.87. The normalized spacial score (nSPS) is 20.3. The van der Waals surface area contributed by atoms with Gasteiger partial charge in [-0.25, -0.2) is 4.98 Å². The molecule has 118 valence electrons. The summed E-state index contributed by atoms with van der Waals surface area (Å²) in [5, 5.41) is 8.22. The van der Waals surface area contributed by atoms with Gasteiger partial charge in [0.15, 0.2) is 0 Å². The number of nitrogens with one attached hydrogen (secondary N) is 1. The van der Waals surface area contributed by atoms with Crippen LogP contribution >= 0.6 is 0 Å². The van der Waals surface area contributed by atoms with Crippen molar-refractivity contribution in [3.63, 3.8) is 0 Å². The van der Waals surface area contributed by atoms with Gasteiger partial charge in [0.2, 0.25) is 5.91 Å². The Morgan fingerprint density at radius 2 is 2.22 bits per heavy atom. The Balaban J connectivity index is 1.26. The Morgan fingerprint density at radius 1 is 1.35 bits per heavy atom. The standard InChI is InChI=1S/C17H18N4O2/c22-17(8-15-7-13-3-1-2-4-16(13)23-15)20-14-5-12(6-14)9-21-11-18-10-19-21/h1-4,7,10-12,14H,5-6,8-9H2,(H,20,22). The monoisotopic (exact) mass is 310 g/mol. The van der Waals surface area contributed by atoms with Crippen molar-refractivity contribution in [1.29, 1.82) is 0 Å². The van der Waals surface area contributed by atoms with Gasteiger partial charge < -0.3 is 9.73 Å². The largest absolute Gasteiger partial charge is 0.461 e. The molecule has 1 N–H and O–H groups in total. The molecule has 0 aliphatic heterocycles. The zero-order valence-corrected chi connectivity index (χ0v) is 12.7. The number of furan rings is 1. The fourth-order valence-electron chi connectivity index (χ4n) is 3.16. The highest BCUT2D eigenvalue weighted by molar-refractivity contribution is 5.82. The number of rotatable bonds is 5. The first-order valence-electron chi connectivity index (χ1n) is 7.85. The van der Waals surface area contributed by atoms with E-state index in [1.165, 1.54) is 0 Å². The van der Waals surface area contributed by atoms with Crippen LogP contribution in [0.15, 0.2) is 47.4 Å². The van der Waals surface area contributed by atoms with Crippen LogP contribution in [0.25, 0.3) is 11.0 Å². The summed E-state index contributed by atoms with van der Waals surface area (Å²) in [5.74, 6) is 1.30. The summed E-state index contributed by atoms with van der Waals surface area (Å²) in [5.41, 5.74) is 0.826.